The van der Waals surface area contributed by atoms with Gasteiger partial charge in [-0.2, -0.15) is 0 Å². The zero-order chi connectivity index (χ0) is 13.0. The first-order chi connectivity index (χ1) is 7.97. The Kier molecular flexibility index (Phi) is 5.12. The van der Waals surface area contributed by atoms with Gasteiger partial charge in [0.15, 0.2) is 0 Å². The first kappa shape index (κ1) is 14.2. The molecule has 0 radical (unpaired) electrons. The number of aliphatic hydroxyl groups excluding tert-OH is 3. The van der Waals surface area contributed by atoms with Crippen LogP contribution in [-0.4, -0.2) is 28.0 Å². The molecule has 3 N–H and O–H groups in total. The second-order valence-electron chi connectivity index (χ2n) is 4.89. The quantitative estimate of drug-likeness (QED) is 0.733. The van der Waals surface area contributed by atoms with E-state index in [2.05, 4.69) is 0 Å². The lowest BCUT2D eigenvalue weighted by atomic mass is 9.92. The Labute approximate surface area is 103 Å². The molecule has 0 saturated carbocycles. The van der Waals surface area contributed by atoms with E-state index in [-0.39, 0.29) is 18.4 Å². The zero-order valence-electron chi connectivity index (χ0n) is 10.7. The molecular weight excluding hydrogens is 216 g/mol. The Balaban J connectivity index is 2.81. The zero-order valence-corrected chi connectivity index (χ0v) is 10.7. The third-order valence-corrected chi connectivity index (χ3v) is 3.20. The van der Waals surface area contributed by atoms with Gasteiger partial charge in [0, 0.05) is 5.92 Å². The van der Waals surface area contributed by atoms with Crippen LogP contribution in [-0.2, 0) is 0 Å². The molecule has 1 aromatic rings. The standard InChI is InChI=1S/C14H22O3/c1-9(2)14(17)12-6-4-11(5-7-12)10(3)13(16)8-15/h4-7,9-10,13-17H,8H2,1-3H3/t10-,13-,14?/m0/s1. The molecule has 0 aliphatic carbocycles. The van der Waals surface area contributed by atoms with Crippen LogP contribution in [0.1, 0.15) is 43.9 Å². The lowest BCUT2D eigenvalue weighted by Crippen LogP contribution is -2.20. The minimum Gasteiger partial charge on any atom is -0.394 e. The largest absolute Gasteiger partial charge is 0.394 e. The van der Waals surface area contributed by atoms with Crippen LogP contribution in [0.2, 0.25) is 0 Å². The van der Waals surface area contributed by atoms with E-state index in [1.54, 1.807) is 0 Å². The fourth-order valence-corrected chi connectivity index (χ4v) is 1.76. The number of hydrogen-bond donors (Lipinski definition) is 3. The summed E-state index contributed by atoms with van der Waals surface area (Å²) in [4.78, 5) is 0. The molecule has 96 valence electrons. The van der Waals surface area contributed by atoms with Gasteiger partial charge in [0.2, 0.25) is 0 Å². The number of rotatable bonds is 5. The smallest absolute Gasteiger partial charge is 0.0836 e. The van der Waals surface area contributed by atoms with E-state index in [0.717, 1.165) is 11.1 Å². The molecule has 0 heterocycles. The third kappa shape index (κ3) is 3.53. The Hall–Kier alpha value is -0.900. The molecule has 17 heavy (non-hydrogen) atoms. The highest BCUT2D eigenvalue weighted by Crippen LogP contribution is 2.25. The van der Waals surface area contributed by atoms with Crippen LogP contribution in [0.5, 0.6) is 0 Å². The number of hydrogen-bond acceptors (Lipinski definition) is 3. The number of benzene rings is 1. The average molecular weight is 238 g/mol. The van der Waals surface area contributed by atoms with Crippen molar-refractivity contribution in [3.8, 4) is 0 Å². The highest BCUT2D eigenvalue weighted by molar-refractivity contribution is 5.27. The lowest BCUT2D eigenvalue weighted by Gasteiger charge is -2.19. The number of aliphatic hydroxyl groups is 3. The molecule has 0 fully saturated rings. The van der Waals surface area contributed by atoms with Crippen LogP contribution in [0.25, 0.3) is 0 Å². The summed E-state index contributed by atoms with van der Waals surface area (Å²) < 4.78 is 0. The van der Waals surface area contributed by atoms with E-state index in [0.29, 0.717) is 0 Å². The van der Waals surface area contributed by atoms with Crippen molar-refractivity contribution in [1.82, 2.24) is 0 Å². The second kappa shape index (κ2) is 6.15. The Morgan fingerprint density at radius 2 is 1.41 bits per heavy atom. The summed E-state index contributed by atoms with van der Waals surface area (Å²) in [5.74, 6) is 0.0755. The van der Waals surface area contributed by atoms with Gasteiger partial charge >= 0.3 is 0 Å². The summed E-state index contributed by atoms with van der Waals surface area (Å²) >= 11 is 0. The van der Waals surface area contributed by atoms with Gasteiger partial charge in [0.25, 0.3) is 0 Å². The first-order valence-corrected chi connectivity index (χ1v) is 6.04. The minimum atomic E-state index is -0.740. The van der Waals surface area contributed by atoms with Gasteiger partial charge in [0.05, 0.1) is 18.8 Å². The van der Waals surface area contributed by atoms with Crippen LogP contribution < -0.4 is 0 Å². The van der Waals surface area contributed by atoms with Crippen molar-refractivity contribution < 1.29 is 15.3 Å². The summed E-state index contributed by atoms with van der Waals surface area (Å²) in [7, 11) is 0. The molecule has 1 unspecified atom stereocenters. The van der Waals surface area contributed by atoms with Crippen molar-refractivity contribution in [2.24, 2.45) is 5.92 Å². The van der Waals surface area contributed by atoms with E-state index < -0.39 is 12.2 Å². The van der Waals surface area contributed by atoms with Crippen LogP contribution in [0, 0.1) is 5.92 Å². The van der Waals surface area contributed by atoms with Gasteiger partial charge < -0.3 is 15.3 Å². The van der Waals surface area contributed by atoms with E-state index in [9.17, 15) is 10.2 Å². The van der Waals surface area contributed by atoms with Crippen molar-refractivity contribution in [2.45, 2.75) is 38.9 Å². The summed E-state index contributed by atoms with van der Waals surface area (Å²) in [6, 6.07) is 7.54. The summed E-state index contributed by atoms with van der Waals surface area (Å²) in [6.45, 7) is 5.57. The topological polar surface area (TPSA) is 60.7 Å². The van der Waals surface area contributed by atoms with Gasteiger partial charge in [-0.25, -0.2) is 0 Å². The SMILES string of the molecule is CC(C)C(O)c1ccc([C@H](C)[C@@H](O)CO)cc1. The maximum absolute atomic E-state index is 9.89. The Morgan fingerprint density at radius 3 is 1.82 bits per heavy atom. The third-order valence-electron chi connectivity index (χ3n) is 3.20. The van der Waals surface area contributed by atoms with Gasteiger partial charge in [0.1, 0.15) is 0 Å². The molecule has 0 saturated heterocycles. The van der Waals surface area contributed by atoms with E-state index >= 15 is 0 Å². The van der Waals surface area contributed by atoms with Crippen LogP contribution in [0.15, 0.2) is 24.3 Å². The monoisotopic (exact) mass is 238 g/mol. The van der Waals surface area contributed by atoms with E-state index in [1.165, 1.54) is 0 Å². The second-order valence-corrected chi connectivity index (χ2v) is 4.89. The summed E-state index contributed by atoms with van der Waals surface area (Å²) in [6.07, 6.45) is -1.20. The minimum absolute atomic E-state index is 0.106. The summed E-state index contributed by atoms with van der Waals surface area (Å²) in [5.41, 5.74) is 1.85. The van der Waals surface area contributed by atoms with Crippen molar-refractivity contribution >= 4 is 0 Å². The predicted octanol–water partition coefficient (Wildman–Crippen LogP) is 1.83. The molecule has 3 atom stereocenters. The van der Waals surface area contributed by atoms with E-state index in [1.807, 2.05) is 45.0 Å². The fourth-order valence-electron chi connectivity index (χ4n) is 1.76. The molecule has 0 aliphatic heterocycles. The molecule has 0 spiro atoms. The summed E-state index contributed by atoms with van der Waals surface area (Å²) in [5, 5.41) is 28.3. The molecule has 0 aromatic heterocycles. The Morgan fingerprint density at radius 1 is 0.941 bits per heavy atom. The average Bonchev–Trinajstić information content (AvgIpc) is 2.36. The van der Waals surface area contributed by atoms with Gasteiger partial charge in [-0.3, -0.25) is 0 Å². The molecule has 3 nitrogen and oxygen atoms in total. The normalized spacial score (nSPS) is 16.9. The maximum atomic E-state index is 9.89. The first-order valence-electron chi connectivity index (χ1n) is 6.04. The predicted molar refractivity (Wildman–Crippen MR) is 67.7 cm³/mol. The van der Waals surface area contributed by atoms with Crippen LogP contribution in [0.4, 0.5) is 0 Å². The Bertz CT molecular complexity index is 332. The molecule has 3 heteroatoms. The molecule has 0 amide bonds. The molecule has 0 aliphatic rings. The maximum Gasteiger partial charge on any atom is 0.0836 e. The molecule has 1 aromatic carbocycles. The van der Waals surface area contributed by atoms with Gasteiger partial charge in [-0.05, 0) is 17.0 Å². The van der Waals surface area contributed by atoms with Crippen molar-refractivity contribution in [3.63, 3.8) is 0 Å². The van der Waals surface area contributed by atoms with Crippen molar-refractivity contribution in [3.05, 3.63) is 35.4 Å². The van der Waals surface area contributed by atoms with Crippen LogP contribution in [0.3, 0.4) is 0 Å². The molecule has 1 rings (SSSR count). The highest BCUT2D eigenvalue weighted by Gasteiger charge is 2.16. The molecule has 0 bridgehead atoms. The fraction of sp³-hybridized carbons (Fsp3) is 0.571. The molecular formula is C14H22O3. The lowest BCUT2D eigenvalue weighted by molar-refractivity contribution is 0.0772. The van der Waals surface area contributed by atoms with Crippen LogP contribution >= 0.6 is 0 Å². The van der Waals surface area contributed by atoms with E-state index in [4.69, 9.17) is 5.11 Å². The van der Waals surface area contributed by atoms with Gasteiger partial charge in [-0.15, -0.1) is 0 Å². The highest BCUT2D eigenvalue weighted by atomic mass is 16.3. The van der Waals surface area contributed by atoms with Crippen molar-refractivity contribution in [1.29, 1.82) is 0 Å². The van der Waals surface area contributed by atoms with Crippen molar-refractivity contribution in [2.75, 3.05) is 6.61 Å². The van der Waals surface area contributed by atoms with Gasteiger partial charge in [-0.1, -0.05) is 45.0 Å².